The Labute approximate surface area is 178 Å². The van der Waals surface area contributed by atoms with E-state index in [-0.39, 0.29) is 0 Å². The lowest BCUT2D eigenvalue weighted by Crippen LogP contribution is -2.50. The molecule has 0 radical (unpaired) electrons. The van der Waals surface area contributed by atoms with E-state index in [9.17, 15) is 0 Å². The molecular weight excluding hydrogens is 374 g/mol. The number of anilines is 1. The number of aromatic amines is 1. The summed E-state index contributed by atoms with van der Waals surface area (Å²) < 4.78 is 6.17. The molecule has 3 aromatic rings. The molecule has 2 aliphatic heterocycles. The molecular formula is C24H33N5O. The van der Waals surface area contributed by atoms with Gasteiger partial charge in [-0.3, -0.25) is 4.90 Å². The number of H-pyrrole nitrogens is 1. The summed E-state index contributed by atoms with van der Waals surface area (Å²) in [6, 6.07) is 4.97. The van der Waals surface area contributed by atoms with Gasteiger partial charge in [0, 0.05) is 61.1 Å². The number of nitrogens with zero attached hydrogens (tertiary/aromatic N) is 4. The Kier molecular flexibility index (Phi) is 5.61. The average Bonchev–Trinajstić information content (AvgIpc) is 3.27. The number of hydrogen-bond acceptors (Lipinski definition) is 5. The van der Waals surface area contributed by atoms with Gasteiger partial charge in [-0.25, -0.2) is 9.97 Å². The molecule has 6 heteroatoms. The van der Waals surface area contributed by atoms with Crippen molar-refractivity contribution in [3.8, 4) is 0 Å². The van der Waals surface area contributed by atoms with Crippen LogP contribution in [-0.2, 0) is 4.74 Å². The molecule has 1 unspecified atom stereocenters. The first-order valence-electron chi connectivity index (χ1n) is 11.5. The molecule has 0 spiro atoms. The molecule has 2 fully saturated rings. The van der Waals surface area contributed by atoms with Crippen molar-refractivity contribution in [2.24, 2.45) is 5.92 Å². The predicted molar refractivity (Wildman–Crippen MR) is 122 cm³/mol. The molecule has 5 heterocycles. The second-order valence-corrected chi connectivity index (χ2v) is 9.30. The zero-order chi connectivity index (χ0) is 20.5. The maximum atomic E-state index is 6.17. The third kappa shape index (κ3) is 3.91. The first-order valence-corrected chi connectivity index (χ1v) is 11.5. The van der Waals surface area contributed by atoms with E-state index >= 15 is 0 Å². The molecule has 6 nitrogen and oxygen atoms in total. The van der Waals surface area contributed by atoms with Gasteiger partial charge < -0.3 is 14.6 Å². The molecule has 0 aromatic carbocycles. The van der Waals surface area contributed by atoms with Crippen LogP contribution in [0.25, 0.3) is 21.9 Å². The van der Waals surface area contributed by atoms with E-state index in [0.717, 1.165) is 42.8 Å². The van der Waals surface area contributed by atoms with Gasteiger partial charge in [0.05, 0.1) is 17.8 Å². The fraction of sp³-hybridized carbons (Fsp3) is 0.583. The quantitative estimate of drug-likeness (QED) is 0.686. The highest BCUT2D eigenvalue weighted by Crippen LogP contribution is 2.33. The molecule has 1 N–H and O–H groups in total. The fourth-order valence-electron chi connectivity index (χ4n) is 5.14. The number of hydrogen-bond donors (Lipinski definition) is 1. The predicted octanol–water partition coefficient (Wildman–Crippen LogP) is 4.22. The Morgan fingerprint density at radius 2 is 2.00 bits per heavy atom. The third-order valence-corrected chi connectivity index (χ3v) is 6.67. The number of aromatic nitrogens is 3. The van der Waals surface area contributed by atoms with Gasteiger partial charge in [0.1, 0.15) is 0 Å². The normalized spacial score (nSPS) is 21.8. The molecule has 0 amide bonds. The van der Waals surface area contributed by atoms with Gasteiger partial charge >= 0.3 is 0 Å². The van der Waals surface area contributed by atoms with Crippen LogP contribution in [0, 0.1) is 5.92 Å². The highest BCUT2D eigenvalue weighted by molar-refractivity contribution is 6.09. The lowest BCUT2D eigenvalue weighted by molar-refractivity contribution is -0.0251. The number of ether oxygens (including phenoxy) is 1. The Bertz CT molecular complexity index is 992. The van der Waals surface area contributed by atoms with Crippen LogP contribution < -0.4 is 4.90 Å². The second kappa shape index (κ2) is 8.52. The van der Waals surface area contributed by atoms with Crippen LogP contribution in [0.4, 0.5) is 5.69 Å². The van der Waals surface area contributed by atoms with Crippen molar-refractivity contribution in [3.05, 3.63) is 30.7 Å². The summed E-state index contributed by atoms with van der Waals surface area (Å²) in [6.07, 6.45) is 11.1. The van der Waals surface area contributed by atoms with Crippen LogP contribution in [0.15, 0.2) is 30.7 Å². The fourth-order valence-corrected chi connectivity index (χ4v) is 5.14. The van der Waals surface area contributed by atoms with Crippen LogP contribution in [-0.4, -0.2) is 64.8 Å². The molecule has 0 bridgehead atoms. The average molecular weight is 408 g/mol. The summed E-state index contributed by atoms with van der Waals surface area (Å²) in [5.74, 6) is 0.612. The van der Waals surface area contributed by atoms with Crippen molar-refractivity contribution in [2.45, 2.75) is 51.7 Å². The zero-order valence-electron chi connectivity index (χ0n) is 18.2. The molecule has 30 heavy (non-hydrogen) atoms. The number of piperidine rings is 2. The Hall–Kier alpha value is -2.18. The highest BCUT2D eigenvalue weighted by Gasteiger charge is 2.30. The van der Waals surface area contributed by atoms with E-state index in [1.54, 1.807) is 0 Å². The van der Waals surface area contributed by atoms with Gasteiger partial charge in [0.25, 0.3) is 0 Å². The monoisotopic (exact) mass is 407 g/mol. The molecule has 2 saturated heterocycles. The van der Waals surface area contributed by atoms with Gasteiger partial charge in [-0.15, -0.1) is 0 Å². The van der Waals surface area contributed by atoms with Crippen molar-refractivity contribution >= 4 is 27.6 Å². The van der Waals surface area contributed by atoms with Gasteiger partial charge in [0.2, 0.25) is 0 Å². The second-order valence-electron chi connectivity index (χ2n) is 9.30. The van der Waals surface area contributed by atoms with Gasteiger partial charge in [-0.1, -0.05) is 13.8 Å². The molecule has 0 aliphatic carbocycles. The molecule has 1 atom stereocenters. The van der Waals surface area contributed by atoms with E-state index in [4.69, 9.17) is 4.74 Å². The zero-order valence-corrected chi connectivity index (χ0v) is 18.2. The van der Waals surface area contributed by atoms with E-state index in [2.05, 4.69) is 50.7 Å². The van der Waals surface area contributed by atoms with Crippen molar-refractivity contribution in [1.29, 1.82) is 0 Å². The lowest BCUT2D eigenvalue weighted by Gasteiger charge is -2.43. The maximum Gasteiger partial charge on any atom is 0.159 e. The van der Waals surface area contributed by atoms with Gasteiger partial charge in [-0.2, -0.15) is 0 Å². The summed E-state index contributed by atoms with van der Waals surface area (Å²) in [5, 5.41) is 2.39. The topological polar surface area (TPSA) is 57.3 Å². The number of likely N-dealkylation sites (tertiary alicyclic amines) is 1. The van der Waals surface area contributed by atoms with Gasteiger partial charge in [0.15, 0.2) is 5.65 Å². The molecule has 3 aromatic heterocycles. The van der Waals surface area contributed by atoms with E-state index in [1.165, 1.54) is 43.3 Å². The Morgan fingerprint density at radius 1 is 1.13 bits per heavy atom. The lowest BCUT2D eigenvalue weighted by atomic mass is 9.98. The number of fused-ring (bicyclic) bond motifs is 3. The summed E-state index contributed by atoms with van der Waals surface area (Å²) in [7, 11) is 0. The van der Waals surface area contributed by atoms with Crippen molar-refractivity contribution in [2.75, 3.05) is 37.7 Å². The number of nitrogens with one attached hydrogen (secondary N) is 1. The summed E-state index contributed by atoms with van der Waals surface area (Å²) in [6.45, 7) is 9.86. The first-order chi connectivity index (χ1) is 14.7. The van der Waals surface area contributed by atoms with Gasteiger partial charge in [-0.05, 0) is 50.3 Å². The molecule has 2 aliphatic rings. The van der Waals surface area contributed by atoms with Crippen LogP contribution in [0.2, 0.25) is 0 Å². The molecule has 0 saturated carbocycles. The van der Waals surface area contributed by atoms with Crippen LogP contribution in [0.5, 0.6) is 0 Å². The maximum absolute atomic E-state index is 6.17. The minimum Gasteiger partial charge on any atom is -0.377 e. The van der Waals surface area contributed by atoms with Crippen molar-refractivity contribution < 1.29 is 4.74 Å². The summed E-state index contributed by atoms with van der Waals surface area (Å²) in [4.78, 5) is 17.5. The first kappa shape index (κ1) is 19.8. The van der Waals surface area contributed by atoms with Crippen LogP contribution in [0.1, 0.15) is 39.5 Å². The summed E-state index contributed by atoms with van der Waals surface area (Å²) >= 11 is 0. The minimum atomic E-state index is 0.415. The van der Waals surface area contributed by atoms with Crippen molar-refractivity contribution in [3.63, 3.8) is 0 Å². The largest absolute Gasteiger partial charge is 0.377 e. The number of rotatable bonds is 5. The van der Waals surface area contributed by atoms with E-state index in [0.29, 0.717) is 18.1 Å². The Balaban J connectivity index is 1.28. The SMILES string of the molecule is CC(C)COC1CCCN(C2CCN(c3cc[nH]c4cnc5nccc5c34)CC2)C1. The highest BCUT2D eigenvalue weighted by atomic mass is 16.5. The molecule has 5 rings (SSSR count). The van der Waals surface area contributed by atoms with E-state index in [1.807, 2.05) is 18.6 Å². The summed E-state index contributed by atoms with van der Waals surface area (Å²) in [5.41, 5.74) is 3.22. The van der Waals surface area contributed by atoms with Crippen molar-refractivity contribution in [1.82, 2.24) is 19.9 Å². The number of pyridine rings is 2. The third-order valence-electron chi connectivity index (χ3n) is 6.67. The minimum absolute atomic E-state index is 0.415. The Morgan fingerprint density at radius 3 is 2.83 bits per heavy atom. The van der Waals surface area contributed by atoms with Crippen LogP contribution in [0.3, 0.4) is 0 Å². The smallest absolute Gasteiger partial charge is 0.159 e. The molecule has 160 valence electrons. The van der Waals surface area contributed by atoms with E-state index < -0.39 is 0 Å². The standard InChI is InChI=1S/C24H33N5O/c1-17(2)16-30-19-4-3-11-29(15-19)18-7-12-28(13-8-18)22-6-10-25-21-14-27-24-20(23(21)22)5-9-26-24/h5-6,9-10,14,17-19,25H,3-4,7-8,11-13,15-16H2,1-2H3. The van der Waals surface area contributed by atoms with Crippen LogP contribution >= 0.6 is 0 Å².